The third-order valence-corrected chi connectivity index (χ3v) is 2.01. The Bertz CT molecular complexity index is 91.9. The van der Waals surface area contributed by atoms with Crippen molar-refractivity contribution in [3.63, 3.8) is 0 Å². The molecule has 1 aliphatic rings. The fraction of sp³-hybridized carbons (Fsp3) is 1.00. The van der Waals surface area contributed by atoms with Crippen molar-refractivity contribution < 1.29 is 4.74 Å². The second-order valence-electron chi connectivity index (χ2n) is 3.23. The van der Waals surface area contributed by atoms with Crippen molar-refractivity contribution in [1.29, 1.82) is 0 Å². The highest BCUT2D eigenvalue weighted by Crippen LogP contribution is 2.18. The Morgan fingerprint density at radius 1 is 1.60 bits per heavy atom. The van der Waals surface area contributed by atoms with Gasteiger partial charge in [-0.15, -0.1) is 0 Å². The summed E-state index contributed by atoms with van der Waals surface area (Å²) in [4.78, 5) is 0. The third-order valence-electron chi connectivity index (χ3n) is 2.01. The molecule has 1 aliphatic heterocycles. The lowest BCUT2D eigenvalue weighted by Gasteiger charge is -2.34. The molecule has 0 radical (unpaired) electrons. The number of hydrogen-bond acceptors (Lipinski definition) is 2. The standard InChI is InChI=1S/C8H17NO/c1-3-4-8(2)7-9-5-6-10-8/h9H,3-7H2,1-2H3. The van der Waals surface area contributed by atoms with Gasteiger partial charge in [-0.25, -0.2) is 0 Å². The van der Waals surface area contributed by atoms with E-state index >= 15 is 0 Å². The average molecular weight is 143 g/mol. The molecule has 0 aromatic rings. The van der Waals surface area contributed by atoms with Gasteiger partial charge in [0, 0.05) is 13.1 Å². The Labute approximate surface area is 63.0 Å². The second-order valence-corrected chi connectivity index (χ2v) is 3.23. The molecule has 10 heavy (non-hydrogen) atoms. The van der Waals surface area contributed by atoms with E-state index in [-0.39, 0.29) is 5.60 Å². The van der Waals surface area contributed by atoms with Crippen LogP contribution in [0.15, 0.2) is 0 Å². The Morgan fingerprint density at radius 2 is 2.40 bits per heavy atom. The molecular weight excluding hydrogens is 126 g/mol. The minimum atomic E-state index is 0.118. The highest BCUT2D eigenvalue weighted by Gasteiger charge is 2.25. The zero-order valence-corrected chi connectivity index (χ0v) is 6.94. The summed E-state index contributed by atoms with van der Waals surface area (Å²) < 4.78 is 5.64. The maximum absolute atomic E-state index is 5.64. The van der Waals surface area contributed by atoms with E-state index in [1.807, 2.05) is 0 Å². The maximum Gasteiger partial charge on any atom is 0.0778 e. The molecule has 0 aliphatic carbocycles. The quantitative estimate of drug-likeness (QED) is 0.626. The number of hydrogen-bond donors (Lipinski definition) is 1. The van der Waals surface area contributed by atoms with E-state index in [1.54, 1.807) is 0 Å². The van der Waals surface area contributed by atoms with E-state index in [4.69, 9.17) is 4.74 Å². The van der Waals surface area contributed by atoms with E-state index in [1.165, 1.54) is 12.8 Å². The third kappa shape index (κ3) is 1.96. The first-order valence-corrected chi connectivity index (χ1v) is 4.11. The summed E-state index contributed by atoms with van der Waals surface area (Å²) in [5, 5.41) is 3.34. The summed E-state index contributed by atoms with van der Waals surface area (Å²) in [6, 6.07) is 0. The van der Waals surface area contributed by atoms with E-state index in [0.29, 0.717) is 0 Å². The zero-order chi connectivity index (χ0) is 7.45. The van der Waals surface area contributed by atoms with Crippen molar-refractivity contribution in [3.05, 3.63) is 0 Å². The first-order valence-electron chi connectivity index (χ1n) is 4.11. The van der Waals surface area contributed by atoms with Gasteiger partial charge in [0.05, 0.1) is 12.2 Å². The Hall–Kier alpha value is -0.0800. The van der Waals surface area contributed by atoms with Gasteiger partial charge in [0.1, 0.15) is 0 Å². The summed E-state index contributed by atoms with van der Waals surface area (Å²) in [5.41, 5.74) is 0.118. The fourth-order valence-corrected chi connectivity index (χ4v) is 1.46. The van der Waals surface area contributed by atoms with Crippen molar-refractivity contribution in [3.8, 4) is 0 Å². The second kappa shape index (κ2) is 3.35. The van der Waals surface area contributed by atoms with Gasteiger partial charge in [0.2, 0.25) is 0 Å². The lowest BCUT2D eigenvalue weighted by Crippen LogP contribution is -2.47. The summed E-state index contributed by atoms with van der Waals surface area (Å²) in [6.45, 7) is 7.28. The molecular formula is C8H17NO. The van der Waals surface area contributed by atoms with Gasteiger partial charge in [-0.3, -0.25) is 0 Å². The number of morpholine rings is 1. The van der Waals surface area contributed by atoms with Crippen molar-refractivity contribution >= 4 is 0 Å². The van der Waals surface area contributed by atoms with Crippen molar-refractivity contribution in [1.82, 2.24) is 5.32 Å². The molecule has 0 bridgehead atoms. The number of nitrogens with one attached hydrogen (secondary N) is 1. The molecule has 0 saturated carbocycles. The van der Waals surface area contributed by atoms with Gasteiger partial charge >= 0.3 is 0 Å². The molecule has 1 heterocycles. The SMILES string of the molecule is CCCC1(C)CNCCO1. The van der Waals surface area contributed by atoms with Crippen LogP contribution in [0.2, 0.25) is 0 Å². The van der Waals surface area contributed by atoms with Crippen LogP contribution < -0.4 is 5.32 Å². The molecule has 1 saturated heterocycles. The molecule has 1 rings (SSSR count). The lowest BCUT2D eigenvalue weighted by molar-refractivity contribution is -0.0579. The van der Waals surface area contributed by atoms with Crippen LogP contribution in [-0.4, -0.2) is 25.3 Å². The molecule has 0 aromatic carbocycles. The van der Waals surface area contributed by atoms with Gasteiger partial charge in [-0.05, 0) is 13.3 Å². The Morgan fingerprint density at radius 3 is 2.90 bits per heavy atom. The maximum atomic E-state index is 5.64. The van der Waals surface area contributed by atoms with E-state index in [9.17, 15) is 0 Å². The predicted molar refractivity (Wildman–Crippen MR) is 42.1 cm³/mol. The molecule has 0 aromatic heterocycles. The van der Waals surface area contributed by atoms with Crippen molar-refractivity contribution in [2.45, 2.75) is 32.3 Å². The molecule has 60 valence electrons. The Balaban J connectivity index is 2.32. The lowest BCUT2D eigenvalue weighted by atomic mass is 9.99. The van der Waals surface area contributed by atoms with Gasteiger partial charge < -0.3 is 10.1 Å². The first kappa shape index (κ1) is 8.02. The predicted octanol–water partition coefficient (Wildman–Crippen LogP) is 1.17. The molecule has 1 unspecified atom stereocenters. The highest BCUT2D eigenvalue weighted by molar-refractivity contribution is 4.80. The topological polar surface area (TPSA) is 21.3 Å². The van der Waals surface area contributed by atoms with Crippen LogP contribution in [0.25, 0.3) is 0 Å². The normalized spacial score (nSPS) is 34.2. The van der Waals surface area contributed by atoms with E-state index in [2.05, 4.69) is 19.2 Å². The smallest absolute Gasteiger partial charge is 0.0778 e. The number of rotatable bonds is 2. The van der Waals surface area contributed by atoms with E-state index in [0.717, 1.165) is 19.7 Å². The molecule has 2 heteroatoms. The summed E-state index contributed by atoms with van der Waals surface area (Å²) in [6.07, 6.45) is 2.37. The minimum Gasteiger partial charge on any atom is -0.373 e. The molecule has 1 N–H and O–H groups in total. The van der Waals surface area contributed by atoms with Crippen LogP contribution in [0.5, 0.6) is 0 Å². The van der Waals surface area contributed by atoms with Gasteiger partial charge in [-0.1, -0.05) is 13.3 Å². The first-order chi connectivity index (χ1) is 4.77. The van der Waals surface area contributed by atoms with Crippen LogP contribution in [0.4, 0.5) is 0 Å². The van der Waals surface area contributed by atoms with E-state index < -0.39 is 0 Å². The molecule has 0 spiro atoms. The van der Waals surface area contributed by atoms with Gasteiger partial charge in [-0.2, -0.15) is 0 Å². The van der Waals surface area contributed by atoms with Crippen molar-refractivity contribution in [2.24, 2.45) is 0 Å². The molecule has 0 amide bonds. The van der Waals surface area contributed by atoms with Crippen LogP contribution in [0, 0.1) is 0 Å². The van der Waals surface area contributed by atoms with Gasteiger partial charge in [0.25, 0.3) is 0 Å². The average Bonchev–Trinajstić information content (AvgIpc) is 1.89. The van der Waals surface area contributed by atoms with Gasteiger partial charge in [0.15, 0.2) is 0 Å². The monoisotopic (exact) mass is 143 g/mol. The summed E-state index contributed by atoms with van der Waals surface area (Å²) in [7, 11) is 0. The number of ether oxygens (including phenoxy) is 1. The highest BCUT2D eigenvalue weighted by atomic mass is 16.5. The summed E-state index contributed by atoms with van der Waals surface area (Å²) >= 11 is 0. The van der Waals surface area contributed by atoms with Crippen LogP contribution in [0.1, 0.15) is 26.7 Å². The van der Waals surface area contributed by atoms with Crippen LogP contribution >= 0.6 is 0 Å². The molecule has 1 atom stereocenters. The minimum absolute atomic E-state index is 0.118. The van der Waals surface area contributed by atoms with Crippen LogP contribution in [0.3, 0.4) is 0 Å². The summed E-state index contributed by atoms with van der Waals surface area (Å²) in [5.74, 6) is 0. The van der Waals surface area contributed by atoms with Crippen LogP contribution in [-0.2, 0) is 4.74 Å². The molecule has 2 nitrogen and oxygen atoms in total. The molecule has 1 fully saturated rings. The zero-order valence-electron chi connectivity index (χ0n) is 6.94. The Kier molecular flexibility index (Phi) is 2.69. The van der Waals surface area contributed by atoms with Crippen molar-refractivity contribution in [2.75, 3.05) is 19.7 Å². The fourth-order valence-electron chi connectivity index (χ4n) is 1.46. The largest absolute Gasteiger partial charge is 0.373 e.